The van der Waals surface area contributed by atoms with Gasteiger partial charge in [-0.1, -0.05) is 246 Å². The molecule has 0 atom stereocenters. The molecule has 10 aromatic carbocycles. The van der Waals surface area contributed by atoms with Crippen LogP contribution in [0.4, 0.5) is 0 Å². The van der Waals surface area contributed by atoms with Crippen molar-refractivity contribution in [1.82, 2.24) is 0 Å². The third-order valence-corrected chi connectivity index (χ3v) is 30.2. The van der Waals surface area contributed by atoms with E-state index < -0.39 is 0 Å². The van der Waals surface area contributed by atoms with Crippen molar-refractivity contribution in [1.29, 1.82) is 0 Å². The Morgan fingerprint density at radius 2 is 0.586 bits per heavy atom. The Morgan fingerprint density at radius 1 is 0.273 bits per heavy atom. The Bertz CT molecular complexity index is 7030. The maximum absolute atomic E-state index is 8.60. The maximum atomic E-state index is 8.60. The monoisotopic (exact) mass is 1700 g/mol. The molecule has 5 fully saturated rings. The van der Waals surface area contributed by atoms with Crippen LogP contribution >= 0.6 is 0 Å². The van der Waals surface area contributed by atoms with Crippen molar-refractivity contribution in [2.24, 2.45) is 35.2 Å². The van der Waals surface area contributed by atoms with E-state index in [-0.39, 0.29) is 29.2 Å². The van der Waals surface area contributed by atoms with Crippen molar-refractivity contribution in [2.45, 2.75) is 279 Å². The summed E-state index contributed by atoms with van der Waals surface area (Å²) in [6, 6.07) is 72.2. The zero-order chi connectivity index (χ0) is 96.1. The van der Waals surface area contributed by atoms with E-state index in [1.807, 2.05) is 71.8 Å². The van der Waals surface area contributed by atoms with Gasteiger partial charge >= 0.3 is 0 Å². The molecule has 20 rings (SSSR count). The molecule has 5 aromatic heterocycles. The van der Waals surface area contributed by atoms with Crippen molar-refractivity contribution in [2.75, 3.05) is 0 Å². The predicted molar refractivity (Wildman–Crippen MR) is 543 cm³/mol. The Balaban J connectivity index is 0.000000123. The van der Waals surface area contributed by atoms with Gasteiger partial charge in [0.15, 0.2) is 29.4 Å². The number of rotatable bonds is 10. The minimum Gasteiger partial charge on any atom is -0.200 e. The first-order valence-corrected chi connectivity index (χ1v) is 48.6. The van der Waals surface area contributed by atoms with Gasteiger partial charge in [0.25, 0.3) is 0 Å². The number of pyridine rings is 5. The molecule has 0 spiro atoms. The van der Waals surface area contributed by atoms with E-state index in [2.05, 4.69) is 284 Å². The van der Waals surface area contributed by atoms with E-state index in [1.54, 1.807) is 0 Å². The molecule has 5 heterocycles. The summed E-state index contributed by atoms with van der Waals surface area (Å²) in [6.45, 7) is 33.0. The first-order chi connectivity index (χ1) is 64.5. The van der Waals surface area contributed by atoms with E-state index in [4.69, 9.17) is 9.60 Å². The topological polar surface area (TPSA) is 19.4 Å². The molecule has 128 heavy (non-hydrogen) atoms. The third kappa shape index (κ3) is 19.2. The molecule has 0 amide bonds. The Hall–Kier alpha value is -10.8. The second kappa shape index (κ2) is 38.9. The lowest BCUT2D eigenvalue weighted by Crippen LogP contribution is -2.35. The average molecular weight is 1700 g/mol. The fraction of sp³-hybridized carbons (Fsp3) is 0.390. The highest BCUT2D eigenvalue weighted by molar-refractivity contribution is 5.98. The van der Waals surface area contributed by atoms with Crippen LogP contribution in [-0.4, -0.2) is 0 Å². The van der Waals surface area contributed by atoms with Crippen LogP contribution in [-0.2, 0) is 46.1 Å². The second-order valence-electron chi connectivity index (χ2n) is 40.8. The Kier molecular flexibility index (Phi) is 24.8. The first-order valence-electron chi connectivity index (χ1n) is 52.1. The van der Waals surface area contributed by atoms with Crippen LogP contribution in [0.25, 0.3) is 110 Å². The fourth-order valence-electron chi connectivity index (χ4n) is 22.2. The number of aromatic nitrogens is 5. The van der Waals surface area contributed by atoms with Crippen LogP contribution in [0.5, 0.6) is 0 Å². The molecule has 0 saturated heterocycles. The molecule has 0 unspecified atom stereocenters. The summed E-state index contributed by atoms with van der Waals surface area (Å²) in [5.74, 6) is 3.48. The largest absolute Gasteiger partial charge is 0.220 e. The van der Waals surface area contributed by atoms with Crippen LogP contribution in [0.3, 0.4) is 0 Å². The third-order valence-electron chi connectivity index (χ3n) is 30.2. The minimum absolute atomic E-state index is 0.0215. The SMILES string of the molecule is [2H]c1c(C)[n+](C)c(-c2cc(C3CCCC3)cc(C)c2C)c2ccccc12.[2H]c1c(C)[n+](C)c(-c2cc(C3CCCC3)ccc2C)c2ccccc12.[2H]c1c(C)[n+](C)c(-c2cc(C3CCCCC3)ccc2C)c2ccccc12.[2H]c1c([2H])[n+](C)c(-c2cc(C(C)(C)C)cc(C(C)(C)C)c2C)c2ccccc12.[2H]c1c([2H])[n+](C)c(-c2cc(C3CCCC3)cc(C3CCCC3)c2C)c2ccccc12. The molecule has 5 aliphatic rings. The summed E-state index contributed by atoms with van der Waals surface area (Å²) in [6.07, 6.45) is 28.6. The highest BCUT2D eigenvalue weighted by atomic mass is 15.0. The quantitative estimate of drug-likeness (QED) is 0.122. The molecule has 5 nitrogen and oxygen atoms in total. The highest BCUT2D eigenvalue weighted by Gasteiger charge is 2.33. The molecule has 0 aliphatic heterocycles. The summed E-state index contributed by atoms with van der Waals surface area (Å²) in [7, 11) is 10.2. The normalized spacial score (nSPS) is 16.2. The summed E-state index contributed by atoms with van der Waals surface area (Å²) in [4.78, 5) is 0. The zero-order valence-corrected chi connectivity index (χ0v) is 80.9. The van der Waals surface area contributed by atoms with Gasteiger partial charge in [-0.15, -0.1) is 0 Å². The first kappa shape index (κ1) is 81.7. The van der Waals surface area contributed by atoms with Gasteiger partial charge in [0.05, 0.1) is 50.5 Å². The minimum atomic E-state index is 0.0215. The van der Waals surface area contributed by atoms with E-state index in [1.165, 1.54) is 263 Å². The van der Waals surface area contributed by atoms with Gasteiger partial charge in [0.2, 0.25) is 28.5 Å². The van der Waals surface area contributed by atoms with E-state index in [0.717, 1.165) is 71.7 Å². The molecule has 5 saturated carbocycles. The summed E-state index contributed by atoms with van der Waals surface area (Å²) in [5, 5.41) is 10.5. The van der Waals surface area contributed by atoms with Gasteiger partial charge in [-0.2, -0.15) is 13.7 Å². The molecule has 658 valence electrons. The van der Waals surface area contributed by atoms with Crippen LogP contribution in [0.1, 0.15) is 305 Å². The predicted octanol–water partition coefficient (Wildman–Crippen LogP) is 30.7. The van der Waals surface area contributed by atoms with E-state index in [0.29, 0.717) is 53.8 Å². The van der Waals surface area contributed by atoms with Gasteiger partial charge in [-0.05, 0) is 306 Å². The number of nitrogens with zero attached hydrogens (tertiary/aromatic N) is 5. The van der Waals surface area contributed by atoms with Gasteiger partial charge in [-0.3, -0.25) is 0 Å². The Labute approximate surface area is 778 Å². The maximum Gasteiger partial charge on any atom is 0.220 e. The van der Waals surface area contributed by atoms with Crippen molar-refractivity contribution < 1.29 is 32.4 Å². The second-order valence-corrected chi connectivity index (χ2v) is 40.8. The molecule has 5 heteroatoms. The smallest absolute Gasteiger partial charge is 0.200 e. The molecular weight excluding hydrogens is 1550 g/mol. The Morgan fingerprint density at radius 3 is 0.969 bits per heavy atom. The summed E-state index contributed by atoms with van der Waals surface area (Å²) >= 11 is 0. The van der Waals surface area contributed by atoms with Crippen LogP contribution in [0, 0.1) is 62.3 Å². The van der Waals surface area contributed by atoms with E-state index >= 15 is 0 Å². The van der Waals surface area contributed by atoms with Gasteiger partial charge in [0.1, 0.15) is 38.0 Å². The average Bonchev–Trinajstić information content (AvgIpc) is 1.61. The number of hydrogen-bond donors (Lipinski definition) is 0. The van der Waals surface area contributed by atoms with Crippen molar-refractivity contribution in [3.8, 4) is 56.3 Å². The van der Waals surface area contributed by atoms with Crippen LogP contribution in [0.15, 0.2) is 237 Å². The molecule has 0 bridgehead atoms. The molecule has 15 aromatic rings. The molecule has 0 N–H and O–H groups in total. The summed E-state index contributed by atoms with van der Waals surface area (Å²) < 4.78 is 70.0. The lowest BCUT2D eigenvalue weighted by Gasteiger charge is -2.28. The molecular formula is C123H146N5+5. The van der Waals surface area contributed by atoms with Crippen molar-refractivity contribution in [3.05, 3.63) is 326 Å². The number of hydrogen-bond acceptors (Lipinski definition) is 0. The number of benzene rings is 10. The fourth-order valence-corrected chi connectivity index (χ4v) is 22.2. The van der Waals surface area contributed by atoms with Gasteiger partial charge in [0, 0.05) is 62.1 Å². The van der Waals surface area contributed by atoms with Crippen LogP contribution in [0.2, 0.25) is 0 Å². The molecule has 5 aliphatic carbocycles. The lowest BCUT2D eigenvalue weighted by atomic mass is 9.76. The standard InChI is InChI=1S/C27H32N.C25H32N.2C24H28N.C23H26N/c1-19-25(21-11-5-6-12-21)17-23(20-9-3-4-10-20)18-26(19)27-24-14-8-7-13-22(24)15-16-28(27)2;1-17-21(15-19(24(2,3)4)16-22(17)25(5,6)7)23-20-12-10-9-11-18(20)13-14-26(23)8;1-16-13-21(19-9-5-6-10-19)15-23(18(16)3)24-22-12-8-7-11-20(22)14-17(2)25(24)4;1-17-13-14-20(19-9-5-4-6-10-19)16-23(17)24-22-12-8-7-11-21(22)15-18(2)25(24)3;1-16-12-13-19(18-8-4-5-9-18)15-22(16)23-21-11-7-6-10-20(21)14-17(2)24(23)3/h7-8,13-18,20-21H,3-6,9-12H2,1-2H3;9-16H,1-8H3;7-8,11-15,19H,5-6,9-10H2,1-4H3;7-8,11-16,19H,4-6,9-10H2,1-3H3;6-7,10-15,18H,4-5,8-9H2,1-3H3/q5*+1/i15D,16D;13D,14D;14D;15D;14D. The highest BCUT2D eigenvalue weighted by Crippen LogP contribution is 2.47. The number of aryl methyl sites for hydroxylation is 3. The summed E-state index contributed by atoms with van der Waals surface area (Å²) in [5.41, 5.74) is 33.4. The zero-order valence-electron chi connectivity index (χ0n) is 87.9. The van der Waals surface area contributed by atoms with Crippen LogP contribution < -0.4 is 22.8 Å². The van der Waals surface area contributed by atoms with Crippen molar-refractivity contribution >= 4 is 53.9 Å². The van der Waals surface area contributed by atoms with E-state index in [9.17, 15) is 0 Å². The lowest BCUT2D eigenvalue weighted by molar-refractivity contribution is -0.665. The van der Waals surface area contributed by atoms with Gasteiger partial charge < -0.3 is 0 Å². The molecule has 0 radical (unpaired) electrons. The van der Waals surface area contributed by atoms with Crippen molar-refractivity contribution in [3.63, 3.8) is 0 Å². The number of fused-ring (bicyclic) bond motifs is 5. The van der Waals surface area contributed by atoms with Gasteiger partial charge in [-0.25, -0.2) is 9.13 Å².